The minimum atomic E-state index is 0. The summed E-state index contributed by atoms with van der Waals surface area (Å²) >= 11 is 0. The summed E-state index contributed by atoms with van der Waals surface area (Å²) in [6, 6.07) is 11.7. The van der Waals surface area contributed by atoms with Crippen LogP contribution in [0.3, 0.4) is 0 Å². The zero-order valence-electron chi connectivity index (χ0n) is 16.2. The number of nitrogens with one attached hydrogen (secondary N) is 2. The Morgan fingerprint density at radius 2 is 1.55 bits per heavy atom. The van der Waals surface area contributed by atoms with Gasteiger partial charge >= 0.3 is 0 Å². The molecule has 0 radical (unpaired) electrons. The molecule has 0 aliphatic rings. The van der Waals surface area contributed by atoms with E-state index in [1.165, 1.54) is 0 Å². The second-order valence-corrected chi connectivity index (χ2v) is 6.32. The van der Waals surface area contributed by atoms with Gasteiger partial charge in [0.05, 0.1) is 0 Å². The molecule has 0 amide bonds. The Bertz CT molecular complexity index is 1090. The molecule has 0 atom stereocenters. The highest BCUT2D eigenvalue weighted by molar-refractivity contribution is 14.0. The Labute approximate surface area is 185 Å². The lowest BCUT2D eigenvalue weighted by Crippen LogP contribution is -2.38. The number of fused-ring (bicyclic) bond motifs is 2. The number of hydrogen-bond donors (Lipinski definition) is 2. The van der Waals surface area contributed by atoms with Crippen LogP contribution in [0.25, 0.3) is 11.3 Å². The van der Waals surface area contributed by atoms with Crippen molar-refractivity contribution in [2.24, 2.45) is 4.99 Å². The summed E-state index contributed by atoms with van der Waals surface area (Å²) in [7, 11) is 0. The first-order valence-corrected chi connectivity index (χ1v) is 9.44. The van der Waals surface area contributed by atoms with Crippen molar-refractivity contribution in [3.05, 3.63) is 60.4 Å². The molecule has 0 aromatic carbocycles. The molecule has 29 heavy (non-hydrogen) atoms. The average molecular weight is 505 g/mol. The van der Waals surface area contributed by atoms with Gasteiger partial charge < -0.3 is 10.6 Å². The monoisotopic (exact) mass is 505 g/mol. The number of pyridine rings is 2. The molecule has 2 N–H and O–H groups in total. The standard InChI is InChI=1S/C19H23N9.HI/c1-2-20-19(22-14-18-26-25-16-9-4-6-13-28(16)18)21-11-7-10-17-24-23-15-8-3-5-12-27(15)17;/h3-6,8-9,12-13H,2,7,10-11,14H2,1H3,(H2,20,21,22);1H. The van der Waals surface area contributed by atoms with Gasteiger partial charge in [0.2, 0.25) is 0 Å². The molecular weight excluding hydrogens is 481 g/mol. The maximum atomic E-state index is 4.63. The number of aliphatic imine (C=N–C) groups is 1. The van der Waals surface area contributed by atoms with E-state index in [4.69, 9.17) is 0 Å². The summed E-state index contributed by atoms with van der Waals surface area (Å²) in [6.07, 6.45) is 5.70. The summed E-state index contributed by atoms with van der Waals surface area (Å²) in [5, 5.41) is 23.5. The molecule has 0 aliphatic heterocycles. The molecule has 4 aromatic heterocycles. The van der Waals surface area contributed by atoms with E-state index in [1.54, 1.807) is 0 Å². The van der Waals surface area contributed by atoms with Crippen LogP contribution in [-0.2, 0) is 13.0 Å². The predicted octanol–water partition coefficient (Wildman–Crippen LogP) is 2.08. The third-order valence-electron chi connectivity index (χ3n) is 4.36. The molecule has 4 rings (SSSR count). The molecule has 0 saturated heterocycles. The number of nitrogens with zero attached hydrogens (tertiary/aromatic N) is 7. The topological polar surface area (TPSA) is 96.8 Å². The van der Waals surface area contributed by atoms with E-state index < -0.39 is 0 Å². The molecule has 0 aliphatic carbocycles. The first-order chi connectivity index (χ1) is 13.8. The van der Waals surface area contributed by atoms with Crippen molar-refractivity contribution >= 4 is 41.2 Å². The van der Waals surface area contributed by atoms with Crippen LogP contribution in [-0.4, -0.2) is 48.2 Å². The number of rotatable bonds is 7. The Balaban J connectivity index is 0.00000240. The van der Waals surface area contributed by atoms with Crippen molar-refractivity contribution in [3.8, 4) is 0 Å². The highest BCUT2D eigenvalue weighted by atomic mass is 127. The van der Waals surface area contributed by atoms with E-state index in [2.05, 4.69) is 36.0 Å². The smallest absolute Gasteiger partial charge is 0.191 e. The van der Waals surface area contributed by atoms with Crippen molar-refractivity contribution in [2.45, 2.75) is 26.3 Å². The number of guanidine groups is 1. The lowest BCUT2D eigenvalue weighted by atomic mass is 10.3. The third kappa shape index (κ3) is 5.00. The molecule has 0 saturated carbocycles. The van der Waals surface area contributed by atoms with E-state index in [1.807, 2.05) is 64.5 Å². The lowest BCUT2D eigenvalue weighted by Gasteiger charge is -2.10. The molecule has 0 spiro atoms. The molecular formula is C19H24IN9. The number of aromatic nitrogens is 6. The normalized spacial score (nSPS) is 11.6. The van der Waals surface area contributed by atoms with Crippen molar-refractivity contribution < 1.29 is 0 Å². The lowest BCUT2D eigenvalue weighted by molar-refractivity contribution is 0.713. The number of hydrogen-bond acceptors (Lipinski definition) is 5. The predicted molar refractivity (Wildman–Crippen MR) is 123 cm³/mol. The highest BCUT2D eigenvalue weighted by Gasteiger charge is 2.06. The summed E-state index contributed by atoms with van der Waals surface area (Å²) < 4.78 is 3.97. The maximum Gasteiger partial charge on any atom is 0.191 e. The van der Waals surface area contributed by atoms with Crippen LogP contribution in [0.4, 0.5) is 0 Å². The summed E-state index contributed by atoms with van der Waals surface area (Å²) in [6.45, 7) is 4.08. The van der Waals surface area contributed by atoms with Crippen LogP contribution >= 0.6 is 24.0 Å². The molecule has 0 fully saturated rings. The van der Waals surface area contributed by atoms with Crippen LogP contribution in [0, 0.1) is 0 Å². The van der Waals surface area contributed by atoms with Gasteiger partial charge in [-0.05, 0) is 37.6 Å². The van der Waals surface area contributed by atoms with Gasteiger partial charge in [-0.15, -0.1) is 44.4 Å². The fourth-order valence-electron chi connectivity index (χ4n) is 3.00. The van der Waals surface area contributed by atoms with E-state index >= 15 is 0 Å². The largest absolute Gasteiger partial charge is 0.357 e. The molecule has 4 aromatic rings. The summed E-state index contributed by atoms with van der Waals surface area (Å²) in [5.74, 6) is 2.54. The van der Waals surface area contributed by atoms with Crippen molar-refractivity contribution in [2.75, 3.05) is 13.1 Å². The molecule has 4 heterocycles. The van der Waals surface area contributed by atoms with E-state index in [0.29, 0.717) is 6.54 Å². The molecule has 9 nitrogen and oxygen atoms in total. The van der Waals surface area contributed by atoms with Gasteiger partial charge in [-0.2, -0.15) is 0 Å². The van der Waals surface area contributed by atoms with Crippen LogP contribution in [0.15, 0.2) is 53.8 Å². The average Bonchev–Trinajstić information content (AvgIpc) is 3.33. The zero-order valence-corrected chi connectivity index (χ0v) is 18.5. The Kier molecular flexibility index (Phi) is 7.33. The van der Waals surface area contributed by atoms with Crippen LogP contribution in [0.5, 0.6) is 0 Å². The van der Waals surface area contributed by atoms with E-state index in [0.717, 1.165) is 54.8 Å². The Morgan fingerprint density at radius 1 is 0.897 bits per heavy atom. The maximum absolute atomic E-state index is 4.63. The van der Waals surface area contributed by atoms with Gasteiger partial charge in [0.1, 0.15) is 12.4 Å². The van der Waals surface area contributed by atoms with Gasteiger partial charge in [0, 0.05) is 31.9 Å². The first kappa shape index (κ1) is 21.0. The van der Waals surface area contributed by atoms with Crippen molar-refractivity contribution in [1.29, 1.82) is 0 Å². The van der Waals surface area contributed by atoms with Gasteiger partial charge in [0.25, 0.3) is 0 Å². The Hall–Kier alpha value is -2.76. The number of halogens is 1. The Morgan fingerprint density at radius 3 is 2.24 bits per heavy atom. The fraction of sp³-hybridized carbons (Fsp3) is 0.316. The molecule has 0 unspecified atom stereocenters. The zero-order chi connectivity index (χ0) is 19.2. The molecule has 152 valence electrons. The minimum Gasteiger partial charge on any atom is -0.357 e. The van der Waals surface area contributed by atoms with E-state index in [-0.39, 0.29) is 24.0 Å². The molecule has 0 bridgehead atoms. The van der Waals surface area contributed by atoms with Crippen molar-refractivity contribution in [1.82, 2.24) is 39.8 Å². The third-order valence-corrected chi connectivity index (χ3v) is 4.36. The minimum absolute atomic E-state index is 0. The molecule has 10 heteroatoms. The van der Waals surface area contributed by atoms with E-state index in [9.17, 15) is 0 Å². The quantitative estimate of drug-likeness (QED) is 0.173. The van der Waals surface area contributed by atoms with Crippen LogP contribution in [0.2, 0.25) is 0 Å². The van der Waals surface area contributed by atoms with Crippen LogP contribution in [0.1, 0.15) is 25.0 Å². The second-order valence-electron chi connectivity index (χ2n) is 6.32. The van der Waals surface area contributed by atoms with Gasteiger partial charge in [-0.3, -0.25) is 8.80 Å². The van der Waals surface area contributed by atoms with Gasteiger partial charge in [-0.1, -0.05) is 12.1 Å². The SMILES string of the molecule is CCNC(=NCc1nnc2ccccn12)NCCCc1nnc2ccccn12.I. The summed E-state index contributed by atoms with van der Waals surface area (Å²) in [5.41, 5.74) is 1.70. The first-order valence-electron chi connectivity index (χ1n) is 9.44. The highest BCUT2D eigenvalue weighted by Crippen LogP contribution is 2.05. The van der Waals surface area contributed by atoms with Gasteiger partial charge in [0.15, 0.2) is 23.1 Å². The summed E-state index contributed by atoms with van der Waals surface area (Å²) in [4.78, 5) is 4.63. The van der Waals surface area contributed by atoms with Gasteiger partial charge in [-0.25, -0.2) is 4.99 Å². The van der Waals surface area contributed by atoms with Crippen molar-refractivity contribution in [3.63, 3.8) is 0 Å². The van der Waals surface area contributed by atoms with Crippen LogP contribution < -0.4 is 10.6 Å². The number of aryl methyl sites for hydroxylation is 1. The second kappa shape index (κ2) is 10.1. The fourth-order valence-corrected chi connectivity index (χ4v) is 3.00.